The number of pyridine rings is 1. The molecular weight excluding hydrogens is 476 g/mol. The highest BCUT2D eigenvalue weighted by Crippen LogP contribution is 2.39. The second-order valence-electron chi connectivity index (χ2n) is 6.95. The van der Waals surface area contributed by atoms with Crippen LogP contribution in [0.25, 0.3) is 11.0 Å². The highest BCUT2D eigenvalue weighted by atomic mass is 127. The van der Waals surface area contributed by atoms with Crippen molar-refractivity contribution in [1.29, 1.82) is 0 Å². The first-order valence-corrected chi connectivity index (χ1v) is 10.7. The molecule has 2 aliphatic heterocycles. The summed E-state index contributed by atoms with van der Waals surface area (Å²) in [6.45, 7) is 4.52. The molecule has 140 valence electrons. The van der Waals surface area contributed by atoms with Crippen molar-refractivity contribution >= 4 is 49.6 Å². The summed E-state index contributed by atoms with van der Waals surface area (Å²) in [7, 11) is -2.01. The van der Waals surface area contributed by atoms with E-state index in [1.807, 2.05) is 23.8 Å². The van der Waals surface area contributed by atoms with Crippen molar-refractivity contribution in [3.63, 3.8) is 0 Å². The van der Waals surface area contributed by atoms with Gasteiger partial charge >= 0.3 is 5.69 Å². The van der Waals surface area contributed by atoms with Crippen LogP contribution in [0.1, 0.15) is 12.6 Å². The molecule has 0 radical (unpaired) electrons. The summed E-state index contributed by atoms with van der Waals surface area (Å²) in [4.78, 5) is 24.2. The van der Waals surface area contributed by atoms with Crippen LogP contribution < -0.4 is 10.6 Å². The summed E-state index contributed by atoms with van der Waals surface area (Å²) < 4.78 is 42.2. The van der Waals surface area contributed by atoms with Crippen LogP contribution >= 0.6 is 22.9 Å². The summed E-state index contributed by atoms with van der Waals surface area (Å²) in [5, 5.41) is 0.0982. The van der Waals surface area contributed by atoms with Gasteiger partial charge in [-0.1, -0.05) is 0 Å². The molecule has 8 nitrogen and oxygen atoms in total. The molecule has 4 heterocycles. The van der Waals surface area contributed by atoms with E-state index >= 15 is 0 Å². The van der Waals surface area contributed by atoms with Crippen LogP contribution in [0.4, 0.5) is 10.2 Å². The number of aromatic nitrogens is 3. The molecule has 2 aromatic rings. The Balaban J connectivity index is 2.20. The van der Waals surface area contributed by atoms with Gasteiger partial charge in [0.2, 0.25) is 0 Å². The minimum atomic E-state index is -3.93. The molecule has 4 rings (SSSR count). The lowest BCUT2D eigenvalue weighted by Crippen LogP contribution is -2.59. The standard InChI is InChI=1S/C15H17FIN5O3S/c1-7-4-20(3)5-9-6-26(24,25)12-10-13(21(7)9)19-15(23)22(17)14(10)18-8(2)11(12)16/h7,9H,4-6H2,1-3H3. The first-order valence-electron chi connectivity index (χ1n) is 8.10. The molecule has 0 spiro atoms. The number of fused-ring (bicyclic) bond motifs is 2. The Labute approximate surface area is 163 Å². The predicted octanol–water partition coefficient (Wildman–Crippen LogP) is 0.733. The van der Waals surface area contributed by atoms with Crippen LogP contribution in [-0.2, 0) is 9.84 Å². The number of anilines is 1. The molecule has 2 aliphatic rings. The van der Waals surface area contributed by atoms with Crippen LogP contribution in [0.3, 0.4) is 0 Å². The van der Waals surface area contributed by atoms with Crippen LogP contribution in [0.5, 0.6) is 0 Å². The van der Waals surface area contributed by atoms with Crippen LogP contribution in [0, 0.1) is 12.7 Å². The number of halogens is 2. The maximum atomic E-state index is 14.9. The fourth-order valence-electron chi connectivity index (χ4n) is 4.02. The van der Waals surface area contributed by atoms with Crippen LogP contribution in [0.2, 0.25) is 0 Å². The van der Waals surface area contributed by atoms with Crippen molar-refractivity contribution in [3.8, 4) is 0 Å². The van der Waals surface area contributed by atoms with E-state index in [1.165, 1.54) is 6.92 Å². The van der Waals surface area contributed by atoms with E-state index in [9.17, 15) is 17.6 Å². The maximum absolute atomic E-state index is 14.9. The Morgan fingerprint density at radius 1 is 1.27 bits per heavy atom. The summed E-state index contributed by atoms with van der Waals surface area (Å²) in [6, 6.07) is -0.495. The average Bonchev–Trinajstić information content (AvgIpc) is 2.61. The second-order valence-corrected chi connectivity index (χ2v) is 9.89. The van der Waals surface area contributed by atoms with E-state index in [1.54, 1.807) is 22.9 Å². The van der Waals surface area contributed by atoms with Crippen molar-refractivity contribution < 1.29 is 12.8 Å². The zero-order chi connectivity index (χ0) is 19.0. The van der Waals surface area contributed by atoms with E-state index in [0.29, 0.717) is 13.1 Å². The molecule has 11 heteroatoms. The highest BCUT2D eigenvalue weighted by molar-refractivity contribution is 14.1. The van der Waals surface area contributed by atoms with Gasteiger partial charge in [0.05, 0.1) is 45.7 Å². The van der Waals surface area contributed by atoms with Gasteiger partial charge in [0.1, 0.15) is 10.7 Å². The van der Waals surface area contributed by atoms with Crippen LogP contribution in [-0.4, -0.2) is 64.0 Å². The van der Waals surface area contributed by atoms with Gasteiger partial charge in [-0.25, -0.2) is 25.4 Å². The van der Waals surface area contributed by atoms with E-state index in [-0.39, 0.29) is 34.3 Å². The molecule has 0 amide bonds. The number of hydrogen-bond donors (Lipinski definition) is 0. The molecule has 2 unspecified atom stereocenters. The van der Waals surface area contributed by atoms with Crippen molar-refractivity contribution in [1.82, 2.24) is 17.6 Å². The maximum Gasteiger partial charge on any atom is 0.360 e. The quantitative estimate of drug-likeness (QED) is 0.501. The number of sulfone groups is 1. The van der Waals surface area contributed by atoms with Gasteiger partial charge in [-0.05, 0) is 20.9 Å². The zero-order valence-corrected chi connectivity index (χ0v) is 17.4. The molecule has 26 heavy (non-hydrogen) atoms. The van der Waals surface area contributed by atoms with Gasteiger partial charge in [-0.2, -0.15) is 4.98 Å². The molecule has 2 atom stereocenters. The second kappa shape index (κ2) is 5.83. The highest BCUT2D eigenvalue weighted by Gasteiger charge is 2.42. The summed E-state index contributed by atoms with van der Waals surface area (Å²) in [5.41, 5.74) is -0.477. The van der Waals surface area contributed by atoms with Crippen molar-refractivity contribution in [2.75, 3.05) is 30.8 Å². The van der Waals surface area contributed by atoms with Crippen molar-refractivity contribution in [2.45, 2.75) is 30.8 Å². The molecule has 1 fully saturated rings. The Morgan fingerprint density at radius 2 is 1.96 bits per heavy atom. The van der Waals surface area contributed by atoms with Crippen LogP contribution in [0.15, 0.2) is 9.69 Å². The molecule has 1 saturated heterocycles. The van der Waals surface area contributed by atoms with Gasteiger partial charge in [0.25, 0.3) is 0 Å². The third kappa shape index (κ3) is 2.47. The number of hydrogen-bond acceptors (Lipinski definition) is 7. The minimum Gasteiger partial charge on any atom is -0.346 e. The third-order valence-corrected chi connectivity index (χ3v) is 7.65. The first-order chi connectivity index (χ1) is 12.1. The van der Waals surface area contributed by atoms with Gasteiger partial charge in [0, 0.05) is 19.1 Å². The number of aryl methyl sites for hydroxylation is 1. The first kappa shape index (κ1) is 18.0. The topological polar surface area (TPSA) is 88.4 Å². The van der Waals surface area contributed by atoms with Gasteiger partial charge in [0.15, 0.2) is 21.3 Å². The molecular formula is C15H17FIN5O3S. The van der Waals surface area contributed by atoms with E-state index in [4.69, 9.17) is 0 Å². The van der Waals surface area contributed by atoms with Gasteiger partial charge < -0.3 is 9.80 Å². The Morgan fingerprint density at radius 3 is 2.65 bits per heavy atom. The molecule has 0 N–H and O–H groups in total. The molecule has 0 saturated carbocycles. The fraction of sp³-hybridized carbons (Fsp3) is 0.533. The monoisotopic (exact) mass is 493 g/mol. The minimum absolute atomic E-state index is 0.0527. The number of likely N-dealkylation sites (N-methyl/N-ethyl adjacent to an activating group) is 1. The lowest BCUT2D eigenvalue weighted by molar-refractivity contribution is 0.240. The molecule has 2 aromatic heterocycles. The van der Waals surface area contributed by atoms with Crippen molar-refractivity contribution in [3.05, 3.63) is 22.0 Å². The largest absolute Gasteiger partial charge is 0.360 e. The average molecular weight is 493 g/mol. The number of nitrogens with zero attached hydrogens (tertiary/aromatic N) is 5. The lowest BCUT2D eigenvalue weighted by Gasteiger charge is -2.44. The van der Waals surface area contributed by atoms with Crippen molar-refractivity contribution in [2.24, 2.45) is 0 Å². The smallest absolute Gasteiger partial charge is 0.346 e. The third-order valence-electron chi connectivity index (χ3n) is 4.95. The molecule has 0 aliphatic carbocycles. The normalized spacial score (nSPS) is 25.2. The van der Waals surface area contributed by atoms with E-state index in [2.05, 4.69) is 9.97 Å². The van der Waals surface area contributed by atoms with Gasteiger partial charge in [-0.3, -0.25) is 0 Å². The van der Waals surface area contributed by atoms with Gasteiger partial charge in [-0.15, -0.1) is 0 Å². The summed E-state index contributed by atoms with van der Waals surface area (Å²) in [6.07, 6.45) is 0. The Kier molecular flexibility index (Phi) is 4.04. The molecule has 0 bridgehead atoms. The Bertz CT molecular complexity index is 1100. The summed E-state index contributed by atoms with van der Waals surface area (Å²) in [5.74, 6) is -0.884. The molecule has 0 aromatic carbocycles. The SMILES string of the molecule is Cc1nc2c3c(nc(=O)n2I)N2C(C)CN(C)CC2CS(=O)(=O)c3c1F. The van der Waals surface area contributed by atoms with E-state index in [0.717, 1.165) is 2.78 Å². The zero-order valence-electron chi connectivity index (χ0n) is 14.4. The van der Waals surface area contributed by atoms with E-state index < -0.39 is 32.3 Å². The lowest BCUT2D eigenvalue weighted by atomic mass is 10.1. The predicted molar refractivity (Wildman–Crippen MR) is 103 cm³/mol. The Hall–Kier alpha value is -1.34. The summed E-state index contributed by atoms with van der Waals surface area (Å²) >= 11 is 1.72. The number of piperazine rings is 1. The number of rotatable bonds is 0. The fourth-order valence-corrected chi connectivity index (χ4v) is 6.33.